The van der Waals surface area contributed by atoms with Crippen LogP contribution in [0.5, 0.6) is 0 Å². The molecule has 2 aromatic rings. The summed E-state index contributed by atoms with van der Waals surface area (Å²) in [5.41, 5.74) is 0.842. The van der Waals surface area contributed by atoms with Gasteiger partial charge in [0, 0.05) is 24.7 Å². The summed E-state index contributed by atoms with van der Waals surface area (Å²) in [7, 11) is -2.91. The zero-order chi connectivity index (χ0) is 22.3. The molecule has 0 aliphatic carbocycles. The highest BCUT2D eigenvalue weighted by molar-refractivity contribution is 8.23. The van der Waals surface area contributed by atoms with Crippen molar-refractivity contribution in [1.29, 1.82) is 0 Å². The van der Waals surface area contributed by atoms with E-state index in [2.05, 4.69) is 9.97 Å². The van der Waals surface area contributed by atoms with Gasteiger partial charge in [0.2, 0.25) is 0 Å². The predicted octanol–water partition coefficient (Wildman–Crippen LogP) is 4.70. The van der Waals surface area contributed by atoms with Crippen molar-refractivity contribution in [3.8, 4) is 11.4 Å². The number of hydrogen-bond acceptors (Lipinski definition) is 6. The average molecular weight is 472 g/mol. The monoisotopic (exact) mass is 471 g/mol. The molecule has 2 aliphatic heterocycles. The van der Waals surface area contributed by atoms with Gasteiger partial charge >= 0.3 is 5.97 Å². The minimum atomic E-state index is -2.91. The molecule has 1 fully saturated rings. The smallest absolute Gasteiger partial charge is 0.327 e. The molecule has 1 aromatic heterocycles. The second-order valence-corrected chi connectivity index (χ2v) is 10.2. The number of benzene rings is 1. The van der Waals surface area contributed by atoms with Crippen LogP contribution in [-0.4, -0.2) is 43.2 Å². The van der Waals surface area contributed by atoms with Gasteiger partial charge in [0.1, 0.15) is 17.5 Å². The molecule has 0 atom stereocenters. The maximum absolute atomic E-state index is 14.5. The molecule has 31 heavy (non-hydrogen) atoms. The third-order valence-electron chi connectivity index (χ3n) is 5.42. The highest BCUT2D eigenvalue weighted by Gasteiger charge is 2.33. The normalized spacial score (nSPS) is 19.6. The number of halogens is 3. The van der Waals surface area contributed by atoms with Crippen LogP contribution in [0.15, 0.2) is 24.3 Å². The van der Waals surface area contributed by atoms with Crippen LogP contribution < -0.4 is 4.90 Å². The molecule has 3 heterocycles. The zero-order valence-electron chi connectivity index (χ0n) is 16.3. The van der Waals surface area contributed by atoms with E-state index in [9.17, 15) is 22.7 Å². The Kier molecular flexibility index (Phi) is 5.91. The minimum Gasteiger partial charge on any atom is -0.478 e. The molecule has 11 heteroatoms. The molecule has 0 amide bonds. The Balaban J connectivity index is 1.70. The molecule has 4 rings (SSSR count). The Hall–Kier alpha value is -2.27. The van der Waals surface area contributed by atoms with Crippen LogP contribution in [0.4, 0.5) is 14.6 Å². The number of hydrogen-bond donors (Lipinski definition) is 3. The molecule has 1 saturated heterocycles. The van der Waals surface area contributed by atoms with Gasteiger partial charge < -0.3 is 10.0 Å². The summed E-state index contributed by atoms with van der Waals surface area (Å²) < 4.78 is 49.0. The predicted molar refractivity (Wildman–Crippen MR) is 114 cm³/mol. The first-order valence-corrected chi connectivity index (χ1v) is 11.8. The van der Waals surface area contributed by atoms with Gasteiger partial charge in [0.05, 0.1) is 27.8 Å². The van der Waals surface area contributed by atoms with E-state index in [-0.39, 0.29) is 33.8 Å². The van der Waals surface area contributed by atoms with E-state index >= 15 is 0 Å². The fraction of sp³-hybridized carbons (Fsp3) is 0.350. The van der Waals surface area contributed by atoms with Crippen molar-refractivity contribution in [3.63, 3.8) is 0 Å². The van der Waals surface area contributed by atoms with Crippen LogP contribution in [0, 0.1) is 17.6 Å². The van der Waals surface area contributed by atoms with Crippen molar-refractivity contribution in [2.24, 2.45) is 5.92 Å². The summed E-state index contributed by atoms with van der Waals surface area (Å²) in [6.07, 6.45) is 4.15. The summed E-state index contributed by atoms with van der Waals surface area (Å²) in [5.74, 6) is -2.12. The summed E-state index contributed by atoms with van der Waals surface area (Å²) >= 11 is 5.65. The number of aromatic nitrogens is 2. The van der Waals surface area contributed by atoms with Crippen molar-refractivity contribution in [3.05, 3.63) is 52.2 Å². The summed E-state index contributed by atoms with van der Waals surface area (Å²) in [6, 6.07) is 1.79. The zero-order valence-corrected chi connectivity index (χ0v) is 17.8. The number of rotatable bonds is 4. The van der Waals surface area contributed by atoms with Crippen LogP contribution in [-0.2, 0) is 16.3 Å². The van der Waals surface area contributed by atoms with Gasteiger partial charge in [0.25, 0.3) is 0 Å². The summed E-state index contributed by atoms with van der Waals surface area (Å²) in [5, 5.41) is 8.45. The first-order chi connectivity index (χ1) is 14.6. The lowest BCUT2D eigenvalue weighted by molar-refractivity contribution is -0.131. The number of aliphatic carboxylic acids is 1. The Morgan fingerprint density at radius 2 is 1.87 bits per heavy atom. The van der Waals surface area contributed by atoms with Crippen molar-refractivity contribution in [2.45, 2.75) is 24.3 Å². The van der Waals surface area contributed by atoms with E-state index in [1.807, 2.05) is 4.90 Å². The van der Waals surface area contributed by atoms with Crippen molar-refractivity contribution in [1.82, 2.24) is 9.97 Å². The Morgan fingerprint density at radius 3 is 2.55 bits per heavy atom. The maximum atomic E-state index is 14.5. The minimum absolute atomic E-state index is 0.00819. The topological polar surface area (TPSA) is 107 Å². The Bertz CT molecular complexity index is 1070. The summed E-state index contributed by atoms with van der Waals surface area (Å²) in [4.78, 5) is 21.5. The number of fused-ring (bicyclic) bond motifs is 1. The molecule has 7 nitrogen and oxygen atoms in total. The molecule has 3 N–H and O–H groups in total. The molecule has 1 aromatic carbocycles. The lowest BCUT2D eigenvalue weighted by atomic mass is 9.96. The first-order valence-electron chi connectivity index (χ1n) is 9.57. The van der Waals surface area contributed by atoms with Crippen LogP contribution >= 0.6 is 22.2 Å². The summed E-state index contributed by atoms with van der Waals surface area (Å²) in [6.45, 7) is 1.10. The van der Waals surface area contributed by atoms with Crippen molar-refractivity contribution >= 4 is 34.0 Å². The lowest BCUT2D eigenvalue weighted by Gasteiger charge is -2.33. The van der Waals surface area contributed by atoms with E-state index in [1.165, 1.54) is 0 Å². The maximum Gasteiger partial charge on any atom is 0.327 e. The standard InChI is InChI=1S/C20H20ClF2N3O4S/c21-14-8-15(22)12(7-16(14)23)19-24-17-10-31(29,30)9-13(17)20(25-19)26-5-3-11(4-6-26)1-2-18(27)28/h1-2,7-8,11,29-30H,3-6,9-10H2,(H,27,28)/b2-1-. The highest BCUT2D eigenvalue weighted by atomic mass is 35.5. The fourth-order valence-electron chi connectivity index (χ4n) is 3.88. The SMILES string of the molecule is O=C(O)/C=C\C1CCN(c2nc(-c3cc(F)c(Cl)cc3F)nc3c2CS(O)(O)C3)CC1. The second-order valence-electron chi connectivity index (χ2n) is 7.65. The van der Waals surface area contributed by atoms with Gasteiger partial charge in [-0.1, -0.05) is 17.7 Å². The number of piperidine rings is 1. The molecule has 0 spiro atoms. The first kappa shape index (κ1) is 21.9. The largest absolute Gasteiger partial charge is 0.478 e. The molecule has 2 aliphatic rings. The van der Waals surface area contributed by atoms with E-state index in [1.54, 1.807) is 6.08 Å². The van der Waals surface area contributed by atoms with Gasteiger partial charge in [-0.3, -0.25) is 9.11 Å². The van der Waals surface area contributed by atoms with Crippen LogP contribution in [0.2, 0.25) is 5.02 Å². The Morgan fingerprint density at radius 1 is 1.16 bits per heavy atom. The van der Waals surface area contributed by atoms with Gasteiger partial charge in [-0.2, -0.15) is 10.6 Å². The molecule has 0 saturated carbocycles. The molecule has 0 bridgehead atoms. The van der Waals surface area contributed by atoms with Crippen LogP contribution in [0.25, 0.3) is 11.4 Å². The number of carboxylic acids is 1. The average Bonchev–Trinajstić information content (AvgIpc) is 3.02. The Labute approximate surface area is 183 Å². The quantitative estimate of drug-likeness (QED) is 0.438. The van der Waals surface area contributed by atoms with Gasteiger partial charge in [-0.25, -0.2) is 23.5 Å². The number of carbonyl (C=O) groups is 1. The number of carboxylic acid groups (broad SMARTS) is 1. The second kappa shape index (κ2) is 8.34. The van der Waals surface area contributed by atoms with Crippen molar-refractivity contribution < 1.29 is 27.8 Å². The van der Waals surface area contributed by atoms with E-state index in [0.29, 0.717) is 43.0 Å². The fourth-order valence-corrected chi connectivity index (χ4v) is 5.57. The van der Waals surface area contributed by atoms with E-state index in [0.717, 1.165) is 18.2 Å². The van der Waals surface area contributed by atoms with Gasteiger partial charge in [-0.05, 0) is 30.9 Å². The molecule has 0 radical (unpaired) electrons. The lowest BCUT2D eigenvalue weighted by Crippen LogP contribution is -2.34. The number of allylic oxidation sites excluding steroid dienone is 1. The van der Waals surface area contributed by atoms with E-state index in [4.69, 9.17) is 16.7 Å². The third kappa shape index (κ3) is 4.67. The van der Waals surface area contributed by atoms with Crippen LogP contribution in [0.3, 0.4) is 0 Å². The third-order valence-corrected chi connectivity index (χ3v) is 7.19. The molecule has 0 unspecified atom stereocenters. The van der Waals surface area contributed by atoms with Gasteiger partial charge in [0.15, 0.2) is 5.82 Å². The molecular formula is C20H20ClF2N3O4S. The van der Waals surface area contributed by atoms with Gasteiger partial charge in [-0.15, -0.1) is 0 Å². The van der Waals surface area contributed by atoms with Crippen LogP contribution in [0.1, 0.15) is 24.1 Å². The highest BCUT2D eigenvalue weighted by Crippen LogP contribution is 2.54. The number of nitrogens with zero attached hydrogens (tertiary/aromatic N) is 3. The van der Waals surface area contributed by atoms with E-state index < -0.39 is 28.2 Å². The van der Waals surface area contributed by atoms with Crippen molar-refractivity contribution in [2.75, 3.05) is 18.0 Å². The molecule has 166 valence electrons. The molecular weight excluding hydrogens is 452 g/mol. The number of anilines is 1.